The molecule has 0 amide bonds. The van der Waals surface area contributed by atoms with Gasteiger partial charge in [-0.2, -0.15) is 0 Å². The predicted octanol–water partition coefficient (Wildman–Crippen LogP) is 3.22. The van der Waals surface area contributed by atoms with Crippen LogP contribution in [0.2, 0.25) is 0 Å². The highest BCUT2D eigenvalue weighted by Crippen LogP contribution is 2.22. The van der Waals surface area contributed by atoms with E-state index >= 15 is 0 Å². The van der Waals surface area contributed by atoms with Crippen LogP contribution in [0.4, 0.5) is 4.39 Å². The largest absolute Gasteiger partial charge is 0.497 e. The lowest BCUT2D eigenvalue weighted by atomic mass is 10.1. The molecule has 2 N–H and O–H groups in total. The van der Waals surface area contributed by atoms with E-state index in [1.54, 1.807) is 32.2 Å². The summed E-state index contributed by atoms with van der Waals surface area (Å²) in [6.07, 6.45) is 0. The van der Waals surface area contributed by atoms with Crippen LogP contribution in [0, 0.1) is 12.7 Å². The van der Waals surface area contributed by atoms with E-state index in [9.17, 15) is 4.39 Å². The van der Waals surface area contributed by atoms with Crippen LogP contribution >= 0.6 is 0 Å². The standard InChI is InChI=1S/C16H18FNO2/c1-11-4-3-5-15(16(11)17)20-10-14(18)12-6-8-13(19-2)9-7-12/h3-9,14H,10,18H2,1-2H3. The summed E-state index contributed by atoms with van der Waals surface area (Å²) in [5.74, 6) is 0.662. The Kier molecular flexibility index (Phi) is 4.58. The molecule has 1 atom stereocenters. The Labute approximate surface area is 118 Å². The van der Waals surface area contributed by atoms with Gasteiger partial charge in [-0.25, -0.2) is 4.39 Å². The number of hydrogen-bond acceptors (Lipinski definition) is 3. The third-order valence-corrected chi connectivity index (χ3v) is 3.12. The first-order valence-corrected chi connectivity index (χ1v) is 6.39. The van der Waals surface area contributed by atoms with Gasteiger partial charge in [0.25, 0.3) is 0 Å². The zero-order valence-corrected chi connectivity index (χ0v) is 11.6. The zero-order chi connectivity index (χ0) is 14.5. The number of nitrogens with two attached hydrogens (primary N) is 1. The number of benzene rings is 2. The molecule has 4 heteroatoms. The molecule has 2 aromatic rings. The summed E-state index contributed by atoms with van der Waals surface area (Å²) in [4.78, 5) is 0. The zero-order valence-electron chi connectivity index (χ0n) is 11.6. The van der Waals surface area contributed by atoms with Gasteiger partial charge in [0.2, 0.25) is 0 Å². The fourth-order valence-corrected chi connectivity index (χ4v) is 1.86. The van der Waals surface area contributed by atoms with E-state index in [4.69, 9.17) is 15.2 Å². The average Bonchev–Trinajstić information content (AvgIpc) is 2.48. The second-order valence-electron chi connectivity index (χ2n) is 4.58. The lowest BCUT2D eigenvalue weighted by molar-refractivity contribution is 0.276. The van der Waals surface area contributed by atoms with Crippen molar-refractivity contribution in [3.63, 3.8) is 0 Å². The Bertz CT molecular complexity index is 569. The van der Waals surface area contributed by atoms with Gasteiger partial charge in [-0.05, 0) is 36.2 Å². The molecule has 0 fully saturated rings. The lowest BCUT2D eigenvalue weighted by Crippen LogP contribution is -2.19. The Morgan fingerprint density at radius 2 is 1.85 bits per heavy atom. The molecule has 0 saturated carbocycles. The Balaban J connectivity index is 2.00. The number of methoxy groups -OCH3 is 1. The van der Waals surface area contributed by atoms with Gasteiger partial charge in [0.15, 0.2) is 11.6 Å². The van der Waals surface area contributed by atoms with Gasteiger partial charge in [-0.15, -0.1) is 0 Å². The molecule has 3 nitrogen and oxygen atoms in total. The van der Waals surface area contributed by atoms with Crippen LogP contribution in [-0.4, -0.2) is 13.7 Å². The molecular formula is C16H18FNO2. The molecule has 20 heavy (non-hydrogen) atoms. The van der Waals surface area contributed by atoms with Gasteiger partial charge in [0.05, 0.1) is 13.2 Å². The number of aryl methyl sites for hydroxylation is 1. The van der Waals surface area contributed by atoms with Gasteiger partial charge in [0, 0.05) is 0 Å². The van der Waals surface area contributed by atoms with Crippen LogP contribution in [0.5, 0.6) is 11.5 Å². The van der Waals surface area contributed by atoms with Gasteiger partial charge in [-0.1, -0.05) is 24.3 Å². The van der Waals surface area contributed by atoms with Crippen LogP contribution in [0.3, 0.4) is 0 Å². The van der Waals surface area contributed by atoms with Crippen molar-refractivity contribution >= 4 is 0 Å². The van der Waals surface area contributed by atoms with E-state index in [1.165, 1.54) is 0 Å². The van der Waals surface area contributed by atoms with Crippen LogP contribution in [0.25, 0.3) is 0 Å². The average molecular weight is 275 g/mol. The van der Waals surface area contributed by atoms with Crippen LogP contribution in [0.1, 0.15) is 17.2 Å². The van der Waals surface area contributed by atoms with Crippen molar-refractivity contribution in [2.75, 3.05) is 13.7 Å². The molecular weight excluding hydrogens is 257 g/mol. The van der Waals surface area contributed by atoms with Crippen molar-refractivity contribution in [1.29, 1.82) is 0 Å². The maximum Gasteiger partial charge on any atom is 0.167 e. The van der Waals surface area contributed by atoms with E-state index in [0.29, 0.717) is 5.56 Å². The number of ether oxygens (including phenoxy) is 2. The fraction of sp³-hybridized carbons (Fsp3) is 0.250. The van der Waals surface area contributed by atoms with Crippen molar-refractivity contribution in [3.05, 3.63) is 59.4 Å². The van der Waals surface area contributed by atoms with Gasteiger partial charge >= 0.3 is 0 Å². The lowest BCUT2D eigenvalue weighted by Gasteiger charge is -2.15. The van der Waals surface area contributed by atoms with E-state index in [2.05, 4.69) is 0 Å². The molecule has 0 heterocycles. The SMILES string of the molecule is COc1ccc(C(N)COc2cccc(C)c2F)cc1. The smallest absolute Gasteiger partial charge is 0.167 e. The van der Waals surface area contributed by atoms with Crippen molar-refractivity contribution in [2.24, 2.45) is 5.73 Å². The second kappa shape index (κ2) is 6.39. The minimum absolute atomic E-state index is 0.215. The van der Waals surface area contributed by atoms with Crippen molar-refractivity contribution < 1.29 is 13.9 Å². The second-order valence-corrected chi connectivity index (χ2v) is 4.58. The predicted molar refractivity (Wildman–Crippen MR) is 76.6 cm³/mol. The number of hydrogen-bond donors (Lipinski definition) is 1. The Morgan fingerprint density at radius 1 is 1.15 bits per heavy atom. The first-order valence-electron chi connectivity index (χ1n) is 6.39. The minimum Gasteiger partial charge on any atom is -0.497 e. The third-order valence-electron chi connectivity index (χ3n) is 3.12. The number of halogens is 1. The molecule has 0 bridgehead atoms. The first-order chi connectivity index (χ1) is 9.61. The fourth-order valence-electron chi connectivity index (χ4n) is 1.86. The summed E-state index contributed by atoms with van der Waals surface area (Å²) in [6.45, 7) is 1.91. The summed E-state index contributed by atoms with van der Waals surface area (Å²) in [5.41, 5.74) is 7.51. The monoisotopic (exact) mass is 275 g/mol. The van der Waals surface area contributed by atoms with Gasteiger partial charge < -0.3 is 15.2 Å². The van der Waals surface area contributed by atoms with E-state index < -0.39 is 0 Å². The molecule has 0 aliphatic carbocycles. The molecule has 0 spiro atoms. The number of rotatable bonds is 5. The van der Waals surface area contributed by atoms with Crippen LogP contribution in [0.15, 0.2) is 42.5 Å². The maximum atomic E-state index is 13.8. The summed E-state index contributed by atoms with van der Waals surface area (Å²) in [6, 6.07) is 12.2. The third kappa shape index (κ3) is 3.27. The van der Waals surface area contributed by atoms with E-state index in [1.807, 2.05) is 24.3 Å². The van der Waals surface area contributed by atoms with E-state index in [0.717, 1.165) is 11.3 Å². The summed E-state index contributed by atoms with van der Waals surface area (Å²) in [7, 11) is 1.61. The first kappa shape index (κ1) is 14.3. The van der Waals surface area contributed by atoms with Gasteiger partial charge in [-0.3, -0.25) is 0 Å². The highest BCUT2D eigenvalue weighted by Gasteiger charge is 2.10. The van der Waals surface area contributed by atoms with Crippen molar-refractivity contribution in [2.45, 2.75) is 13.0 Å². The normalized spacial score (nSPS) is 12.0. The quantitative estimate of drug-likeness (QED) is 0.911. The summed E-state index contributed by atoms with van der Waals surface area (Å²) >= 11 is 0. The molecule has 106 valence electrons. The molecule has 2 aromatic carbocycles. The van der Waals surface area contributed by atoms with E-state index in [-0.39, 0.29) is 24.2 Å². The topological polar surface area (TPSA) is 44.5 Å². The molecule has 0 radical (unpaired) electrons. The molecule has 0 saturated heterocycles. The summed E-state index contributed by atoms with van der Waals surface area (Å²) in [5, 5.41) is 0. The maximum absolute atomic E-state index is 13.8. The van der Waals surface area contributed by atoms with Gasteiger partial charge in [0.1, 0.15) is 12.4 Å². The molecule has 0 aliphatic rings. The molecule has 1 unspecified atom stereocenters. The Morgan fingerprint density at radius 3 is 2.50 bits per heavy atom. The highest BCUT2D eigenvalue weighted by molar-refractivity contribution is 5.31. The molecule has 0 aliphatic heterocycles. The van der Waals surface area contributed by atoms with Crippen molar-refractivity contribution in [1.82, 2.24) is 0 Å². The Hall–Kier alpha value is -2.07. The van der Waals surface area contributed by atoms with Crippen LogP contribution in [-0.2, 0) is 0 Å². The molecule has 0 aromatic heterocycles. The molecule has 2 rings (SSSR count). The highest BCUT2D eigenvalue weighted by atomic mass is 19.1. The summed E-state index contributed by atoms with van der Waals surface area (Å²) < 4.78 is 24.3. The minimum atomic E-state index is -0.338. The van der Waals surface area contributed by atoms with Crippen LogP contribution < -0.4 is 15.2 Å². The van der Waals surface area contributed by atoms with Crippen molar-refractivity contribution in [3.8, 4) is 11.5 Å².